The molecule has 2 amide bonds. The quantitative estimate of drug-likeness (QED) is 0.620. The fourth-order valence-electron chi connectivity index (χ4n) is 3.24. The molecule has 0 unspecified atom stereocenters. The third-order valence-electron chi connectivity index (χ3n) is 4.68. The van der Waals surface area contributed by atoms with Crippen LogP contribution in [0, 0.1) is 5.92 Å². The maximum atomic E-state index is 12.9. The number of ether oxygens (including phenoxy) is 2. The number of methoxy groups -OCH3 is 1. The van der Waals surface area contributed by atoms with Crippen molar-refractivity contribution in [3.8, 4) is 5.75 Å². The Kier molecular flexibility index (Phi) is 4.52. The van der Waals surface area contributed by atoms with Gasteiger partial charge in [-0.25, -0.2) is 9.69 Å². The number of nitrogens with one attached hydrogen (secondary N) is 1. The summed E-state index contributed by atoms with van der Waals surface area (Å²) in [4.78, 5) is 39.1. The van der Waals surface area contributed by atoms with Gasteiger partial charge in [0.2, 0.25) is 5.91 Å². The monoisotopic (exact) mass is 379 g/mol. The van der Waals surface area contributed by atoms with E-state index in [1.165, 1.54) is 7.11 Å². The zero-order valence-corrected chi connectivity index (χ0v) is 15.0. The van der Waals surface area contributed by atoms with Crippen molar-refractivity contribution in [1.29, 1.82) is 0 Å². The Hall–Kier alpha value is -3.68. The number of imide groups is 1. The molecular weight excluding hydrogens is 362 g/mol. The van der Waals surface area contributed by atoms with Crippen LogP contribution < -0.4 is 15.1 Å². The summed E-state index contributed by atoms with van der Waals surface area (Å²) >= 11 is 0. The lowest BCUT2D eigenvalue weighted by molar-refractivity contribution is -0.137. The summed E-state index contributed by atoms with van der Waals surface area (Å²) in [5.74, 6) is -2.09. The highest BCUT2D eigenvalue weighted by Gasteiger charge is 2.55. The minimum atomic E-state index is -1.00. The molecule has 142 valence electrons. The molecule has 0 aromatic heterocycles. The second-order valence-electron chi connectivity index (χ2n) is 6.35. The SMILES string of the molecule is COc1ccc(N2C(=O)[C@H]3C(C(=O)OCc4ccccc4)=NN[C@H]3C2=O)cc1. The zero-order valence-electron chi connectivity index (χ0n) is 15.0. The summed E-state index contributed by atoms with van der Waals surface area (Å²) < 4.78 is 10.4. The normalized spacial score (nSPS) is 20.5. The molecule has 28 heavy (non-hydrogen) atoms. The van der Waals surface area contributed by atoms with Crippen LogP contribution in [0.5, 0.6) is 5.75 Å². The number of carbonyl (C=O) groups excluding carboxylic acids is 3. The van der Waals surface area contributed by atoms with E-state index in [9.17, 15) is 14.4 Å². The Bertz CT molecular complexity index is 956. The van der Waals surface area contributed by atoms with Gasteiger partial charge >= 0.3 is 5.97 Å². The molecule has 2 aliphatic rings. The first-order valence-corrected chi connectivity index (χ1v) is 8.66. The molecule has 1 N–H and O–H groups in total. The number of carbonyl (C=O) groups is 3. The number of nitrogens with zero attached hydrogens (tertiary/aromatic N) is 2. The molecule has 0 saturated carbocycles. The Morgan fingerprint density at radius 1 is 1.07 bits per heavy atom. The Balaban J connectivity index is 1.50. The molecule has 4 rings (SSSR count). The first-order chi connectivity index (χ1) is 13.6. The summed E-state index contributed by atoms with van der Waals surface area (Å²) in [5, 5.41) is 3.89. The molecule has 1 fully saturated rings. The molecule has 2 atom stereocenters. The van der Waals surface area contributed by atoms with Crippen molar-refractivity contribution in [2.45, 2.75) is 12.6 Å². The van der Waals surface area contributed by atoms with E-state index in [0.717, 1.165) is 10.5 Å². The molecule has 8 heteroatoms. The average Bonchev–Trinajstić information content (AvgIpc) is 3.27. The van der Waals surface area contributed by atoms with Crippen molar-refractivity contribution in [2.75, 3.05) is 12.0 Å². The van der Waals surface area contributed by atoms with Gasteiger partial charge in [0, 0.05) is 0 Å². The van der Waals surface area contributed by atoms with E-state index >= 15 is 0 Å². The smallest absolute Gasteiger partial charge is 0.355 e. The topological polar surface area (TPSA) is 97.3 Å². The van der Waals surface area contributed by atoms with Gasteiger partial charge in [0.15, 0.2) is 5.71 Å². The van der Waals surface area contributed by atoms with Gasteiger partial charge in [0.1, 0.15) is 24.3 Å². The van der Waals surface area contributed by atoms with E-state index in [1.807, 2.05) is 30.3 Å². The molecule has 0 aliphatic carbocycles. The number of hydrazone groups is 1. The lowest BCUT2D eigenvalue weighted by Crippen LogP contribution is -2.36. The molecule has 0 bridgehead atoms. The van der Waals surface area contributed by atoms with Gasteiger partial charge in [-0.15, -0.1) is 0 Å². The van der Waals surface area contributed by atoms with Crippen LogP contribution in [0.2, 0.25) is 0 Å². The number of rotatable bonds is 5. The number of benzene rings is 2. The number of anilines is 1. The van der Waals surface area contributed by atoms with Gasteiger partial charge in [-0.1, -0.05) is 30.3 Å². The summed E-state index contributed by atoms with van der Waals surface area (Å²) in [5.41, 5.74) is 3.73. The van der Waals surface area contributed by atoms with E-state index in [2.05, 4.69) is 10.5 Å². The van der Waals surface area contributed by atoms with E-state index in [0.29, 0.717) is 11.4 Å². The van der Waals surface area contributed by atoms with Gasteiger partial charge in [-0.05, 0) is 29.8 Å². The summed E-state index contributed by atoms with van der Waals surface area (Å²) in [6.45, 7) is 0.0560. The van der Waals surface area contributed by atoms with Gasteiger partial charge < -0.3 is 9.47 Å². The lowest BCUT2D eigenvalue weighted by Gasteiger charge is -2.16. The average molecular weight is 379 g/mol. The standard InChI is InChI=1S/C20H17N3O5/c1-27-14-9-7-13(8-10-14)23-18(24)15-16(19(23)25)21-22-17(15)20(26)28-11-12-5-3-2-4-6-12/h2-10,15-16,21H,11H2,1H3/t15-,16-/m1/s1. The summed E-state index contributed by atoms with van der Waals surface area (Å²) in [7, 11) is 1.53. The number of amides is 2. The van der Waals surface area contributed by atoms with Crippen LogP contribution in [-0.2, 0) is 25.7 Å². The first-order valence-electron chi connectivity index (χ1n) is 8.66. The third-order valence-corrected chi connectivity index (χ3v) is 4.68. The molecule has 2 aliphatic heterocycles. The second-order valence-corrected chi connectivity index (χ2v) is 6.35. The van der Waals surface area contributed by atoms with Crippen molar-refractivity contribution in [1.82, 2.24) is 5.43 Å². The van der Waals surface area contributed by atoms with Gasteiger partial charge in [-0.3, -0.25) is 15.0 Å². The summed E-state index contributed by atoms with van der Waals surface area (Å²) in [6, 6.07) is 14.8. The van der Waals surface area contributed by atoms with E-state index < -0.39 is 29.7 Å². The molecule has 0 spiro atoms. The molecule has 2 heterocycles. The van der Waals surface area contributed by atoms with E-state index in [1.54, 1.807) is 24.3 Å². The molecule has 0 radical (unpaired) electrons. The maximum absolute atomic E-state index is 12.9. The van der Waals surface area contributed by atoms with Gasteiger partial charge in [-0.2, -0.15) is 5.10 Å². The highest BCUT2D eigenvalue weighted by atomic mass is 16.5. The van der Waals surface area contributed by atoms with Crippen molar-refractivity contribution in [2.24, 2.45) is 11.0 Å². The largest absolute Gasteiger partial charge is 0.497 e. The second kappa shape index (κ2) is 7.15. The number of fused-ring (bicyclic) bond motifs is 1. The number of esters is 1. The molecule has 8 nitrogen and oxygen atoms in total. The fourth-order valence-corrected chi connectivity index (χ4v) is 3.24. The minimum absolute atomic E-state index is 0.0560. The number of hydrogen-bond acceptors (Lipinski definition) is 7. The Morgan fingerprint density at radius 3 is 2.46 bits per heavy atom. The highest BCUT2D eigenvalue weighted by molar-refractivity contribution is 6.46. The first kappa shape index (κ1) is 17.7. The van der Waals surface area contributed by atoms with Gasteiger partial charge in [0.25, 0.3) is 5.91 Å². The predicted octanol–water partition coefficient (Wildman–Crippen LogP) is 1.26. The van der Waals surface area contributed by atoms with E-state index in [4.69, 9.17) is 9.47 Å². The van der Waals surface area contributed by atoms with Crippen LogP contribution >= 0.6 is 0 Å². The fraction of sp³-hybridized carbons (Fsp3) is 0.200. The van der Waals surface area contributed by atoms with Crippen LogP contribution in [0.1, 0.15) is 5.56 Å². The highest BCUT2D eigenvalue weighted by Crippen LogP contribution is 2.31. The van der Waals surface area contributed by atoms with Crippen molar-refractivity contribution in [3.05, 3.63) is 60.2 Å². The van der Waals surface area contributed by atoms with Crippen molar-refractivity contribution >= 4 is 29.2 Å². The molecular formula is C20H17N3O5. The maximum Gasteiger partial charge on any atom is 0.355 e. The summed E-state index contributed by atoms with van der Waals surface area (Å²) in [6.07, 6.45) is 0. The third kappa shape index (κ3) is 2.98. The Morgan fingerprint density at radius 2 is 1.79 bits per heavy atom. The van der Waals surface area contributed by atoms with Crippen molar-refractivity contribution < 1.29 is 23.9 Å². The minimum Gasteiger partial charge on any atom is -0.497 e. The van der Waals surface area contributed by atoms with Gasteiger partial charge in [0.05, 0.1) is 12.8 Å². The zero-order chi connectivity index (χ0) is 19.7. The van der Waals surface area contributed by atoms with Crippen LogP contribution in [0.3, 0.4) is 0 Å². The van der Waals surface area contributed by atoms with Crippen LogP contribution in [0.4, 0.5) is 5.69 Å². The van der Waals surface area contributed by atoms with Crippen LogP contribution in [0.15, 0.2) is 59.7 Å². The van der Waals surface area contributed by atoms with Crippen LogP contribution in [0.25, 0.3) is 0 Å². The molecule has 2 aromatic carbocycles. The van der Waals surface area contributed by atoms with Crippen LogP contribution in [-0.4, -0.2) is 36.6 Å². The molecule has 1 saturated heterocycles. The Labute approximate surface area is 160 Å². The molecule has 2 aromatic rings. The lowest BCUT2D eigenvalue weighted by atomic mass is 9.99. The van der Waals surface area contributed by atoms with Crippen molar-refractivity contribution in [3.63, 3.8) is 0 Å². The predicted molar refractivity (Wildman–Crippen MR) is 99.6 cm³/mol. The number of hydrogen-bond donors (Lipinski definition) is 1. The van der Waals surface area contributed by atoms with E-state index in [-0.39, 0.29) is 12.3 Å².